The molecule has 2 N–H and O–H groups in total. The molecule has 0 bridgehead atoms. The minimum atomic E-state index is -0.857. The number of hydrogen-bond donors (Lipinski definition) is 2. The predicted octanol–water partition coefficient (Wildman–Crippen LogP) is 2.29. The Labute approximate surface area is 144 Å². The summed E-state index contributed by atoms with van der Waals surface area (Å²) in [5.41, 5.74) is 1.51. The molecule has 5 heteroatoms. The van der Waals surface area contributed by atoms with Crippen LogP contribution >= 0.6 is 0 Å². The van der Waals surface area contributed by atoms with E-state index in [-0.39, 0.29) is 0 Å². The van der Waals surface area contributed by atoms with Crippen LogP contribution in [0.15, 0.2) is 24.3 Å². The lowest BCUT2D eigenvalue weighted by molar-refractivity contribution is 0.0697. The number of carboxylic acid groups (broad SMARTS) is 1. The Bertz CT molecular complexity index is 518. The van der Waals surface area contributed by atoms with Gasteiger partial charge in [-0.05, 0) is 62.4 Å². The lowest BCUT2D eigenvalue weighted by Gasteiger charge is -2.34. The van der Waals surface area contributed by atoms with Crippen LogP contribution in [0, 0.1) is 5.92 Å². The summed E-state index contributed by atoms with van der Waals surface area (Å²) in [6, 6.07) is 7.29. The molecular formula is C19H29N3O2. The number of nitrogens with one attached hydrogen (secondary N) is 1. The van der Waals surface area contributed by atoms with Crippen LogP contribution in [0.4, 0.5) is 5.69 Å². The minimum Gasteiger partial charge on any atom is -0.478 e. The smallest absolute Gasteiger partial charge is 0.335 e. The van der Waals surface area contributed by atoms with Gasteiger partial charge in [-0.15, -0.1) is 0 Å². The molecule has 0 saturated carbocycles. The van der Waals surface area contributed by atoms with E-state index in [2.05, 4.69) is 15.1 Å². The molecular weight excluding hydrogens is 302 g/mol. The third kappa shape index (κ3) is 4.71. The van der Waals surface area contributed by atoms with Crippen molar-refractivity contribution in [1.82, 2.24) is 10.2 Å². The van der Waals surface area contributed by atoms with Crippen molar-refractivity contribution in [3.63, 3.8) is 0 Å². The maximum absolute atomic E-state index is 10.9. The van der Waals surface area contributed by atoms with Crippen molar-refractivity contribution in [2.75, 3.05) is 50.7 Å². The van der Waals surface area contributed by atoms with Crippen molar-refractivity contribution in [3.05, 3.63) is 29.8 Å². The molecule has 2 aliphatic heterocycles. The molecule has 24 heavy (non-hydrogen) atoms. The van der Waals surface area contributed by atoms with Crippen LogP contribution in [0.2, 0.25) is 0 Å². The van der Waals surface area contributed by atoms with Gasteiger partial charge in [-0.2, -0.15) is 0 Å². The topological polar surface area (TPSA) is 55.8 Å². The Morgan fingerprint density at radius 3 is 2.38 bits per heavy atom. The molecule has 0 unspecified atom stereocenters. The number of aromatic carboxylic acids is 1. The van der Waals surface area contributed by atoms with Crippen LogP contribution in [0.3, 0.4) is 0 Å². The van der Waals surface area contributed by atoms with Crippen LogP contribution in [-0.2, 0) is 0 Å². The van der Waals surface area contributed by atoms with E-state index in [1.165, 1.54) is 45.3 Å². The van der Waals surface area contributed by atoms with E-state index in [9.17, 15) is 4.79 Å². The summed E-state index contributed by atoms with van der Waals surface area (Å²) < 4.78 is 0. The van der Waals surface area contributed by atoms with Gasteiger partial charge in [-0.25, -0.2) is 4.79 Å². The molecule has 2 fully saturated rings. The molecule has 0 atom stereocenters. The molecule has 2 saturated heterocycles. The molecule has 1 aromatic rings. The SMILES string of the molecule is O=C(O)c1ccc(N2CCC(CCCN3CCNCC3)CC2)cc1. The standard InChI is InChI=1S/C19H29N3O2/c23-19(24)17-3-5-18(6-4-17)22-12-7-16(8-13-22)2-1-11-21-14-9-20-10-15-21/h3-6,16,20H,1-2,7-15H2,(H,23,24). The van der Waals surface area contributed by atoms with E-state index in [0.717, 1.165) is 37.8 Å². The molecule has 0 aromatic heterocycles. The first-order valence-electron chi connectivity index (χ1n) is 9.24. The van der Waals surface area contributed by atoms with Crippen molar-refractivity contribution in [3.8, 4) is 0 Å². The zero-order valence-electron chi connectivity index (χ0n) is 14.4. The van der Waals surface area contributed by atoms with Gasteiger partial charge in [-0.3, -0.25) is 0 Å². The van der Waals surface area contributed by atoms with Crippen molar-refractivity contribution in [2.45, 2.75) is 25.7 Å². The molecule has 2 heterocycles. The van der Waals surface area contributed by atoms with E-state index in [4.69, 9.17) is 5.11 Å². The number of carbonyl (C=O) groups is 1. The highest BCUT2D eigenvalue weighted by Gasteiger charge is 2.20. The molecule has 0 radical (unpaired) electrons. The van der Waals surface area contributed by atoms with E-state index >= 15 is 0 Å². The Kier molecular flexibility index (Phi) is 6.10. The zero-order chi connectivity index (χ0) is 16.8. The van der Waals surface area contributed by atoms with E-state index < -0.39 is 5.97 Å². The molecule has 2 aliphatic rings. The average Bonchev–Trinajstić information content (AvgIpc) is 2.63. The molecule has 0 spiro atoms. The van der Waals surface area contributed by atoms with Crippen molar-refractivity contribution in [2.24, 2.45) is 5.92 Å². The van der Waals surface area contributed by atoms with Crippen molar-refractivity contribution >= 4 is 11.7 Å². The summed E-state index contributed by atoms with van der Waals surface area (Å²) >= 11 is 0. The van der Waals surface area contributed by atoms with Gasteiger partial charge in [-0.1, -0.05) is 0 Å². The largest absolute Gasteiger partial charge is 0.478 e. The van der Waals surface area contributed by atoms with Gasteiger partial charge >= 0.3 is 5.97 Å². The quantitative estimate of drug-likeness (QED) is 0.838. The molecule has 3 rings (SSSR count). The van der Waals surface area contributed by atoms with E-state index in [1.807, 2.05) is 12.1 Å². The third-order valence-electron chi connectivity index (χ3n) is 5.39. The summed E-state index contributed by atoms with van der Waals surface area (Å²) in [5, 5.41) is 12.4. The highest BCUT2D eigenvalue weighted by Crippen LogP contribution is 2.26. The summed E-state index contributed by atoms with van der Waals surface area (Å²) in [7, 11) is 0. The molecule has 1 aromatic carbocycles. The second kappa shape index (κ2) is 8.49. The Morgan fingerprint density at radius 2 is 1.75 bits per heavy atom. The summed E-state index contributed by atoms with van der Waals surface area (Å²) in [4.78, 5) is 15.9. The fraction of sp³-hybridized carbons (Fsp3) is 0.632. The first kappa shape index (κ1) is 17.2. The van der Waals surface area contributed by atoms with Gasteiger partial charge in [0.1, 0.15) is 0 Å². The summed E-state index contributed by atoms with van der Waals surface area (Å²) in [6.45, 7) is 8.10. The van der Waals surface area contributed by atoms with Gasteiger partial charge < -0.3 is 20.2 Å². The highest BCUT2D eigenvalue weighted by atomic mass is 16.4. The van der Waals surface area contributed by atoms with Gasteiger partial charge in [0.05, 0.1) is 5.56 Å². The number of piperazine rings is 1. The van der Waals surface area contributed by atoms with Crippen LogP contribution in [0.1, 0.15) is 36.0 Å². The number of rotatable bonds is 6. The third-order valence-corrected chi connectivity index (χ3v) is 5.39. The Balaban J connectivity index is 1.38. The summed E-state index contributed by atoms with van der Waals surface area (Å²) in [5.74, 6) is -0.00722. The predicted molar refractivity (Wildman–Crippen MR) is 96.9 cm³/mol. The second-order valence-corrected chi connectivity index (χ2v) is 7.02. The number of piperidine rings is 1. The molecule has 132 valence electrons. The lowest BCUT2D eigenvalue weighted by atomic mass is 9.91. The fourth-order valence-electron chi connectivity index (χ4n) is 3.83. The monoisotopic (exact) mass is 331 g/mol. The number of benzene rings is 1. The van der Waals surface area contributed by atoms with Gasteiger partial charge in [0.2, 0.25) is 0 Å². The number of anilines is 1. The van der Waals surface area contributed by atoms with E-state index in [1.54, 1.807) is 12.1 Å². The number of hydrogen-bond acceptors (Lipinski definition) is 4. The Morgan fingerprint density at radius 1 is 1.08 bits per heavy atom. The highest BCUT2D eigenvalue weighted by molar-refractivity contribution is 5.88. The Hall–Kier alpha value is -1.59. The average molecular weight is 331 g/mol. The normalized spacial score (nSPS) is 20.2. The minimum absolute atomic E-state index is 0.363. The molecule has 0 aliphatic carbocycles. The van der Waals surface area contributed by atoms with Crippen LogP contribution in [-0.4, -0.2) is 61.8 Å². The van der Waals surface area contributed by atoms with E-state index in [0.29, 0.717) is 5.56 Å². The van der Waals surface area contributed by atoms with Crippen LogP contribution in [0.5, 0.6) is 0 Å². The molecule has 5 nitrogen and oxygen atoms in total. The van der Waals surface area contributed by atoms with Gasteiger partial charge in [0, 0.05) is 45.0 Å². The maximum atomic E-state index is 10.9. The zero-order valence-corrected chi connectivity index (χ0v) is 14.4. The molecule has 0 amide bonds. The second-order valence-electron chi connectivity index (χ2n) is 7.02. The lowest BCUT2D eigenvalue weighted by Crippen LogP contribution is -2.43. The van der Waals surface area contributed by atoms with Crippen LogP contribution < -0.4 is 10.2 Å². The van der Waals surface area contributed by atoms with Crippen molar-refractivity contribution in [1.29, 1.82) is 0 Å². The van der Waals surface area contributed by atoms with Gasteiger partial charge in [0.25, 0.3) is 0 Å². The van der Waals surface area contributed by atoms with Crippen molar-refractivity contribution < 1.29 is 9.90 Å². The maximum Gasteiger partial charge on any atom is 0.335 e. The first-order chi connectivity index (χ1) is 11.7. The van der Waals surface area contributed by atoms with Gasteiger partial charge in [0.15, 0.2) is 0 Å². The fourth-order valence-corrected chi connectivity index (χ4v) is 3.83. The summed E-state index contributed by atoms with van der Waals surface area (Å²) in [6.07, 6.45) is 5.16. The number of nitrogens with zero attached hydrogens (tertiary/aromatic N) is 2. The number of carboxylic acids is 1. The first-order valence-corrected chi connectivity index (χ1v) is 9.24. The van der Waals surface area contributed by atoms with Crippen LogP contribution in [0.25, 0.3) is 0 Å².